The zero-order valence-corrected chi connectivity index (χ0v) is 25.5. The number of H-pyrrole nitrogens is 2. The van der Waals surface area contributed by atoms with Crippen LogP contribution in [0.2, 0.25) is 0 Å². The summed E-state index contributed by atoms with van der Waals surface area (Å²) in [4.78, 5) is 43.5. The number of alkyl halides is 2. The number of aromatic amines is 2. The van der Waals surface area contributed by atoms with Crippen LogP contribution >= 0.6 is 0 Å². The number of carbonyl (C=O) groups excluding carboxylic acids is 2. The van der Waals surface area contributed by atoms with Crippen molar-refractivity contribution in [2.75, 3.05) is 6.54 Å². The average Bonchev–Trinajstić information content (AvgIpc) is 3.72. The maximum atomic E-state index is 16.2. The predicted molar refractivity (Wildman–Crippen MR) is 171 cm³/mol. The molecule has 8 nitrogen and oxygen atoms in total. The van der Waals surface area contributed by atoms with Crippen LogP contribution in [-0.2, 0) is 15.5 Å². The minimum absolute atomic E-state index is 0.0104. The van der Waals surface area contributed by atoms with Gasteiger partial charge in [-0.2, -0.15) is 8.78 Å². The maximum Gasteiger partial charge on any atom is 0.299 e. The molecule has 3 aromatic carbocycles. The van der Waals surface area contributed by atoms with Crippen LogP contribution in [0.15, 0.2) is 60.8 Å². The zero-order valence-electron chi connectivity index (χ0n) is 25.5. The quantitative estimate of drug-likeness (QED) is 0.196. The van der Waals surface area contributed by atoms with E-state index in [2.05, 4.69) is 15.0 Å². The fourth-order valence-electron chi connectivity index (χ4n) is 9.10. The first-order chi connectivity index (χ1) is 22.8. The smallest absolute Gasteiger partial charge is 0.299 e. The fraction of sp³-hybridized carbons (Fsp3) is 0.351. The van der Waals surface area contributed by atoms with Crippen LogP contribution < -0.4 is 0 Å². The van der Waals surface area contributed by atoms with Crippen LogP contribution in [0.1, 0.15) is 73.4 Å². The summed E-state index contributed by atoms with van der Waals surface area (Å²) in [6.45, 7) is 0.751. The topological polar surface area (TPSA) is 98.0 Å². The summed E-state index contributed by atoms with van der Waals surface area (Å²) in [6, 6.07) is 16.4. The van der Waals surface area contributed by atoms with E-state index in [0.717, 1.165) is 80.3 Å². The number of halogens is 2. The molecule has 1 spiro atoms. The maximum absolute atomic E-state index is 16.2. The van der Waals surface area contributed by atoms with E-state index in [0.29, 0.717) is 39.7 Å². The van der Waals surface area contributed by atoms with E-state index < -0.39 is 5.92 Å². The molecule has 4 fully saturated rings. The van der Waals surface area contributed by atoms with E-state index in [1.807, 2.05) is 40.1 Å². The second kappa shape index (κ2) is 9.36. The molecule has 47 heavy (non-hydrogen) atoms. The molecule has 10 rings (SSSR count). The van der Waals surface area contributed by atoms with Gasteiger partial charge in [-0.05, 0) is 96.4 Å². The van der Waals surface area contributed by atoms with Crippen LogP contribution in [-0.4, -0.2) is 55.1 Å². The number of fused-ring (bicyclic) bond motifs is 6. The summed E-state index contributed by atoms with van der Waals surface area (Å²) in [7, 11) is 0. The minimum atomic E-state index is -3.18. The Labute approximate surface area is 269 Å². The van der Waals surface area contributed by atoms with Crippen molar-refractivity contribution < 1.29 is 18.4 Å². The number of nitrogens with one attached hydrogen (secondary N) is 2. The van der Waals surface area contributed by atoms with Crippen molar-refractivity contribution in [3.8, 4) is 33.5 Å². The highest BCUT2D eigenvalue weighted by atomic mass is 19.3. The van der Waals surface area contributed by atoms with Gasteiger partial charge in [-0.25, -0.2) is 9.97 Å². The van der Waals surface area contributed by atoms with Crippen LogP contribution in [0.3, 0.4) is 0 Å². The molecule has 2 N–H and O–H groups in total. The fourth-order valence-corrected chi connectivity index (χ4v) is 9.10. The second-order valence-corrected chi connectivity index (χ2v) is 14.4. The molecule has 3 aliphatic carbocycles. The summed E-state index contributed by atoms with van der Waals surface area (Å²) in [5, 5.41) is 0. The molecule has 2 aromatic heterocycles. The van der Waals surface area contributed by atoms with Gasteiger partial charge in [0.25, 0.3) is 5.92 Å². The van der Waals surface area contributed by atoms with E-state index in [9.17, 15) is 9.59 Å². The van der Waals surface area contributed by atoms with Gasteiger partial charge in [-0.1, -0.05) is 30.3 Å². The van der Waals surface area contributed by atoms with E-state index in [1.165, 1.54) is 0 Å². The lowest BCUT2D eigenvalue weighted by Crippen LogP contribution is -2.34. The van der Waals surface area contributed by atoms with Gasteiger partial charge in [-0.15, -0.1) is 0 Å². The van der Waals surface area contributed by atoms with Crippen molar-refractivity contribution >= 4 is 23.9 Å². The number of nitrogens with zero attached hydrogens (tertiary/aromatic N) is 4. The third kappa shape index (κ3) is 3.90. The summed E-state index contributed by atoms with van der Waals surface area (Å²) in [5.74, 6) is -1.27. The first-order valence-electron chi connectivity index (χ1n) is 16.5. The molecule has 2 amide bonds. The molecule has 5 aliphatic rings. The Hall–Kier alpha value is -4.86. The lowest BCUT2D eigenvalue weighted by Gasteiger charge is -2.30. The molecule has 4 atom stereocenters. The minimum Gasteiger partial charge on any atom is -0.340 e. The van der Waals surface area contributed by atoms with Gasteiger partial charge in [0, 0.05) is 29.3 Å². The Morgan fingerprint density at radius 3 is 2.36 bits per heavy atom. The number of likely N-dealkylation sites (tertiary alicyclic amines) is 2. The molecule has 2 saturated heterocycles. The molecule has 2 bridgehead atoms. The summed E-state index contributed by atoms with van der Waals surface area (Å²) < 4.78 is 32.4. The molecular weight excluding hydrogens is 598 g/mol. The predicted octanol–water partition coefficient (Wildman–Crippen LogP) is 7.11. The van der Waals surface area contributed by atoms with Gasteiger partial charge in [0.05, 0.1) is 35.0 Å². The van der Waals surface area contributed by atoms with Crippen molar-refractivity contribution in [2.45, 2.75) is 62.6 Å². The Kier molecular flexibility index (Phi) is 5.43. The molecular formula is C37H32F2N6O2. The number of aromatic nitrogens is 4. The highest BCUT2D eigenvalue weighted by Gasteiger charge is 2.53. The van der Waals surface area contributed by atoms with Gasteiger partial charge in [0.15, 0.2) is 0 Å². The van der Waals surface area contributed by atoms with Crippen LogP contribution in [0.4, 0.5) is 8.78 Å². The highest BCUT2D eigenvalue weighted by Crippen LogP contribution is 2.58. The van der Waals surface area contributed by atoms with Crippen molar-refractivity contribution in [2.24, 2.45) is 11.3 Å². The lowest BCUT2D eigenvalue weighted by molar-refractivity contribution is -0.122. The molecule has 0 radical (unpaired) electrons. The standard InChI is InChI=1S/C37H32F2N6O2/c38-37(39)27-12-20(21-4-8-29-30(14-21)42-35(41-29)33-23-1-5-24(11-23)45(33)19-47)2-6-25(27)26-7-3-22(13-28(26)37)31-16-40-34(43-31)32-15-36(9-10-36)17-44(32)18-46/h2-4,6-8,12-14,16,18-19,23-24,32-33H,1,5,9-11,15,17H2,(H,40,43)(H,41,42)/t23-,24+,32-,33-/m0/s1. The Balaban J connectivity index is 0.950. The summed E-state index contributed by atoms with van der Waals surface area (Å²) >= 11 is 0. The van der Waals surface area contributed by atoms with E-state index >= 15 is 8.78 Å². The normalized spacial score (nSPS) is 25.9. The van der Waals surface area contributed by atoms with Gasteiger partial charge >= 0.3 is 0 Å². The first-order valence-corrected chi connectivity index (χ1v) is 16.5. The average molecular weight is 631 g/mol. The molecule has 2 aliphatic heterocycles. The molecule has 236 valence electrons. The zero-order chi connectivity index (χ0) is 31.7. The van der Waals surface area contributed by atoms with Gasteiger partial charge < -0.3 is 19.8 Å². The van der Waals surface area contributed by atoms with Gasteiger partial charge in [0.2, 0.25) is 12.8 Å². The van der Waals surface area contributed by atoms with Crippen molar-refractivity contribution in [1.29, 1.82) is 0 Å². The molecule has 0 unspecified atom stereocenters. The van der Waals surface area contributed by atoms with Crippen LogP contribution in [0, 0.1) is 11.3 Å². The highest BCUT2D eigenvalue weighted by molar-refractivity contribution is 5.87. The SMILES string of the molecule is O=CN1CC2(CC2)C[C@H]1c1ncc(-c2ccc3c(c2)C(F)(F)c2cc(-c4ccc5nc([C@@H]6[C@H]7CC[C@H](C7)N6C=O)[nH]c5c4)ccc2-3)[nH]1. The summed E-state index contributed by atoms with van der Waals surface area (Å²) in [6.07, 6.45) is 9.83. The third-order valence-electron chi connectivity index (χ3n) is 11.7. The Morgan fingerprint density at radius 1 is 0.851 bits per heavy atom. The molecule has 2 saturated carbocycles. The van der Waals surface area contributed by atoms with E-state index in [4.69, 9.17) is 4.98 Å². The largest absolute Gasteiger partial charge is 0.340 e. The number of carbonyl (C=O) groups is 2. The van der Waals surface area contributed by atoms with Gasteiger partial charge in [0.1, 0.15) is 11.6 Å². The second-order valence-electron chi connectivity index (χ2n) is 14.4. The van der Waals surface area contributed by atoms with Crippen LogP contribution in [0.25, 0.3) is 44.5 Å². The van der Waals surface area contributed by atoms with E-state index in [-0.39, 0.29) is 34.7 Å². The monoisotopic (exact) mass is 630 g/mol. The number of imidazole rings is 2. The number of rotatable bonds is 6. The summed E-state index contributed by atoms with van der Waals surface area (Å²) in [5.41, 5.74) is 5.68. The molecule has 10 heteroatoms. The van der Waals surface area contributed by atoms with Crippen molar-refractivity contribution in [3.05, 3.63) is 83.6 Å². The number of hydrogen-bond acceptors (Lipinski definition) is 4. The molecule has 5 aromatic rings. The number of amides is 2. The number of piperidine rings is 1. The Morgan fingerprint density at radius 2 is 1.60 bits per heavy atom. The van der Waals surface area contributed by atoms with Crippen molar-refractivity contribution in [3.63, 3.8) is 0 Å². The molecule has 4 heterocycles. The third-order valence-corrected chi connectivity index (χ3v) is 11.7. The van der Waals surface area contributed by atoms with Crippen LogP contribution in [0.5, 0.6) is 0 Å². The van der Waals surface area contributed by atoms with Gasteiger partial charge in [-0.3, -0.25) is 9.59 Å². The number of benzene rings is 3. The van der Waals surface area contributed by atoms with Crippen molar-refractivity contribution in [1.82, 2.24) is 29.7 Å². The Bertz CT molecular complexity index is 2130. The van der Waals surface area contributed by atoms with E-state index in [1.54, 1.807) is 30.5 Å². The first kappa shape index (κ1) is 27.3. The number of hydrogen-bond donors (Lipinski definition) is 2. The lowest BCUT2D eigenvalue weighted by atomic mass is 9.98.